The van der Waals surface area contributed by atoms with Crippen molar-refractivity contribution in [1.82, 2.24) is 15.5 Å². The Morgan fingerprint density at radius 3 is 2.24 bits per heavy atom. The van der Waals surface area contributed by atoms with E-state index in [1.165, 1.54) is 4.90 Å². The number of nitrogens with one attached hydrogen (secondary N) is 2. The SMILES string of the molecule is CCCN(C(=O)C(CS)NC(=O)OC(C)(C)C)C(C(=O)NC(C)(C)C)c1cccc(C)c1O. The number of hydrogen-bond acceptors (Lipinski definition) is 6. The zero-order valence-corrected chi connectivity index (χ0v) is 21.9. The molecule has 0 fully saturated rings. The maximum atomic E-state index is 13.6. The molecule has 3 amide bonds. The van der Waals surface area contributed by atoms with E-state index >= 15 is 0 Å². The number of nitrogens with zero attached hydrogens (tertiary/aromatic N) is 1. The first-order chi connectivity index (χ1) is 15.1. The summed E-state index contributed by atoms with van der Waals surface area (Å²) in [5, 5.41) is 16.2. The summed E-state index contributed by atoms with van der Waals surface area (Å²) in [5.41, 5.74) is -0.399. The van der Waals surface area contributed by atoms with Crippen LogP contribution in [-0.4, -0.2) is 57.4 Å². The average Bonchev–Trinajstić information content (AvgIpc) is 2.65. The third-order valence-corrected chi connectivity index (χ3v) is 4.91. The second kappa shape index (κ2) is 11.6. The Labute approximate surface area is 202 Å². The van der Waals surface area contributed by atoms with Gasteiger partial charge in [0.05, 0.1) is 0 Å². The van der Waals surface area contributed by atoms with Crippen molar-refractivity contribution in [3.05, 3.63) is 29.3 Å². The minimum absolute atomic E-state index is 0.00565. The Bertz CT molecular complexity index is 845. The minimum Gasteiger partial charge on any atom is -0.507 e. The molecule has 0 spiro atoms. The first-order valence-corrected chi connectivity index (χ1v) is 11.8. The van der Waals surface area contributed by atoms with Crippen LogP contribution >= 0.6 is 12.6 Å². The van der Waals surface area contributed by atoms with Crippen LogP contribution in [0.5, 0.6) is 5.75 Å². The van der Waals surface area contributed by atoms with Gasteiger partial charge in [0.15, 0.2) is 0 Å². The zero-order valence-electron chi connectivity index (χ0n) is 21.0. The number of alkyl carbamates (subject to hydrolysis) is 1. The second-order valence-corrected chi connectivity index (χ2v) is 10.4. The first-order valence-electron chi connectivity index (χ1n) is 11.1. The van der Waals surface area contributed by atoms with E-state index in [0.717, 1.165) is 0 Å². The summed E-state index contributed by atoms with van der Waals surface area (Å²) in [7, 11) is 0. The largest absolute Gasteiger partial charge is 0.507 e. The van der Waals surface area contributed by atoms with Crippen LogP contribution in [0.15, 0.2) is 18.2 Å². The van der Waals surface area contributed by atoms with Gasteiger partial charge in [-0.15, -0.1) is 0 Å². The summed E-state index contributed by atoms with van der Waals surface area (Å²) in [4.78, 5) is 40.7. The molecule has 0 radical (unpaired) electrons. The van der Waals surface area contributed by atoms with Crippen LogP contribution in [0.25, 0.3) is 0 Å². The Morgan fingerprint density at radius 1 is 1.15 bits per heavy atom. The Morgan fingerprint density at radius 2 is 1.76 bits per heavy atom. The molecule has 2 atom stereocenters. The fraction of sp³-hybridized carbons (Fsp3) is 0.625. The lowest BCUT2D eigenvalue weighted by Gasteiger charge is -2.36. The van der Waals surface area contributed by atoms with Crippen LogP contribution in [0, 0.1) is 6.92 Å². The van der Waals surface area contributed by atoms with Crippen molar-refractivity contribution >= 4 is 30.5 Å². The number of amides is 3. The van der Waals surface area contributed by atoms with Gasteiger partial charge in [-0.3, -0.25) is 9.59 Å². The Hall–Kier alpha value is -2.42. The summed E-state index contributed by atoms with van der Waals surface area (Å²) < 4.78 is 5.28. The quantitative estimate of drug-likeness (QED) is 0.423. The third-order valence-electron chi connectivity index (χ3n) is 4.54. The summed E-state index contributed by atoms with van der Waals surface area (Å²) in [6.07, 6.45) is -0.191. The minimum atomic E-state index is -1.10. The van der Waals surface area contributed by atoms with Crippen LogP contribution < -0.4 is 10.6 Å². The summed E-state index contributed by atoms with van der Waals surface area (Å²) in [6.45, 7) is 14.5. The number of para-hydroxylation sites is 1. The van der Waals surface area contributed by atoms with E-state index in [2.05, 4.69) is 23.3 Å². The van der Waals surface area contributed by atoms with Gasteiger partial charge in [0.25, 0.3) is 0 Å². The number of ether oxygens (including phenoxy) is 1. The number of phenols is 1. The maximum Gasteiger partial charge on any atom is 0.408 e. The third kappa shape index (κ3) is 8.79. The highest BCUT2D eigenvalue weighted by Crippen LogP contribution is 2.32. The molecule has 33 heavy (non-hydrogen) atoms. The van der Waals surface area contributed by atoms with E-state index in [4.69, 9.17) is 4.74 Å². The highest BCUT2D eigenvalue weighted by atomic mass is 32.1. The van der Waals surface area contributed by atoms with Crippen LogP contribution in [0.4, 0.5) is 4.79 Å². The fourth-order valence-electron chi connectivity index (χ4n) is 3.23. The van der Waals surface area contributed by atoms with Crippen molar-refractivity contribution < 1.29 is 24.2 Å². The van der Waals surface area contributed by atoms with Crippen molar-refractivity contribution in [2.45, 2.75) is 85.0 Å². The van der Waals surface area contributed by atoms with Crippen molar-refractivity contribution in [1.29, 1.82) is 0 Å². The number of rotatable bonds is 8. The number of aromatic hydroxyl groups is 1. The molecule has 1 aromatic rings. The van der Waals surface area contributed by atoms with Crippen LogP contribution in [-0.2, 0) is 14.3 Å². The molecule has 186 valence electrons. The van der Waals surface area contributed by atoms with Crippen molar-refractivity contribution in [2.24, 2.45) is 0 Å². The molecule has 0 aliphatic rings. The maximum absolute atomic E-state index is 13.6. The van der Waals surface area contributed by atoms with Gasteiger partial charge >= 0.3 is 6.09 Å². The van der Waals surface area contributed by atoms with E-state index in [9.17, 15) is 19.5 Å². The highest BCUT2D eigenvalue weighted by molar-refractivity contribution is 7.80. The number of carbonyl (C=O) groups is 3. The van der Waals surface area contributed by atoms with E-state index in [1.807, 2.05) is 27.7 Å². The molecule has 3 N–H and O–H groups in total. The summed E-state index contributed by atoms with van der Waals surface area (Å²) in [5.74, 6) is -0.970. The number of thiol groups is 1. The smallest absolute Gasteiger partial charge is 0.408 e. The molecule has 0 bridgehead atoms. The van der Waals surface area contributed by atoms with Gasteiger partial charge in [-0.1, -0.05) is 25.1 Å². The molecular weight excluding hydrogens is 442 g/mol. The lowest BCUT2D eigenvalue weighted by Crippen LogP contribution is -2.55. The van der Waals surface area contributed by atoms with Gasteiger partial charge < -0.3 is 25.4 Å². The predicted octanol–water partition coefficient (Wildman–Crippen LogP) is 3.72. The highest BCUT2D eigenvalue weighted by Gasteiger charge is 2.37. The topological polar surface area (TPSA) is 108 Å². The van der Waals surface area contributed by atoms with E-state index in [0.29, 0.717) is 17.5 Å². The first kappa shape index (κ1) is 28.6. The van der Waals surface area contributed by atoms with Crippen LogP contribution in [0.2, 0.25) is 0 Å². The Kier molecular flexibility index (Phi) is 10.1. The van der Waals surface area contributed by atoms with Gasteiger partial charge in [0.1, 0.15) is 23.4 Å². The normalized spacial score (nSPS) is 13.6. The molecule has 2 unspecified atom stereocenters. The van der Waals surface area contributed by atoms with Crippen molar-refractivity contribution in [3.63, 3.8) is 0 Å². The molecule has 1 rings (SSSR count). The number of benzene rings is 1. The average molecular weight is 482 g/mol. The molecule has 0 aliphatic heterocycles. The van der Waals surface area contributed by atoms with Crippen LogP contribution in [0.3, 0.4) is 0 Å². The van der Waals surface area contributed by atoms with Gasteiger partial charge in [-0.05, 0) is 60.5 Å². The fourth-order valence-corrected chi connectivity index (χ4v) is 3.48. The standard InChI is InChI=1S/C24H39N3O5S/c1-9-13-27(21(30)17(14-33)25-22(31)32-24(6,7)8)18(20(29)26-23(3,4)5)16-12-10-11-15(2)19(16)28/h10-12,17-18,28,33H,9,13-14H2,1-8H3,(H,25,31)(H,26,29). The lowest BCUT2D eigenvalue weighted by atomic mass is 9.98. The number of phenolic OH excluding ortho intramolecular Hbond substituents is 1. The molecule has 8 nitrogen and oxygen atoms in total. The van der Waals surface area contributed by atoms with Crippen molar-refractivity contribution in [2.75, 3.05) is 12.3 Å². The molecule has 0 saturated carbocycles. The van der Waals surface area contributed by atoms with E-state index < -0.39 is 41.1 Å². The molecule has 0 aliphatic carbocycles. The van der Waals surface area contributed by atoms with Gasteiger partial charge in [-0.25, -0.2) is 4.79 Å². The van der Waals surface area contributed by atoms with Crippen molar-refractivity contribution in [3.8, 4) is 5.75 Å². The molecule has 9 heteroatoms. The van der Waals surface area contributed by atoms with Crippen LogP contribution in [0.1, 0.15) is 72.1 Å². The van der Waals surface area contributed by atoms with Gasteiger partial charge in [0, 0.05) is 23.4 Å². The lowest BCUT2D eigenvalue weighted by molar-refractivity contribution is -0.142. The van der Waals surface area contributed by atoms with Gasteiger partial charge in [0.2, 0.25) is 11.8 Å². The molecule has 0 aromatic heterocycles. The summed E-state index contributed by atoms with van der Waals surface area (Å²) >= 11 is 4.25. The number of carbonyl (C=O) groups excluding carboxylic acids is 3. The molecular formula is C24H39N3O5S. The van der Waals surface area contributed by atoms with E-state index in [-0.39, 0.29) is 18.0 Å². The monoisotopic (exact) mass is 481 g/mol. The predicted molar refractivity (Wildman–Crippen MR) is 132 cm³/mol. The summed E-state index contributed by atoms with van der Waals surface area (Å²) in [6, 6.07) is 2.96. The van der Waals surface area contributed by atoms with E-state index in [1.54, 1.807) is 45.9 Å². The molecule has 0 saturated heterocycles. The number of hydrogen-bond donors (Lipinski definition) is 4. The second-order valence-electron chi connectivity index (χ2n) is 10.1. The molecule has 0 heterocycles. The molecule has 1 aromatic carbocycles. The zero-order chi connectivity index (χ0) is 25.6. The Balaban J connectivity index is 3.45. The number of aryl methyl sites for hydroxylation is 1. The van der Waals surface area contributed by atoms with Gasteiger partial charge in [-0.2, -0.15) is 12.6 Å².